The van der Waals surface area contributed by atoms with Crippen LogP contribution >= 0.6 is 22.9 Å². The van der Waals surface area contributed by atoms with E-state index in [2.05, 4.69) is 4.98 Å². The van der Waals surface area contributed by atoms with E-state index < -0.39 is 11.0 Å². The Bertz CT molecular complexity index is 618. The van der Waals surface area contributed by atoms with Crippen molar-refractivity contribution in [1.29, 1.82) is 0 Å². The smallest absolute Gasteiger partial charge is 0.410 e. The number of carbonyl (C=O) groups excluding carboxylic acids is 2. The number of esters is 1. The predicted octanol–water partition coefficient (Wildman–Crippen LogP) is 3.92. The van der Waals surface area contributed by atoms with Gasteiger partial charge in [-0.25, -0.2) is 9.78 Å². The van der Waals surface area contributed by atoms with E-state index in [1.54, 1.807) is 11.8 Å². The molecule has 2 heterocycles. The zero-order valence-electron chi connectivity index (χ0n) is 15.1. The van der Waals surface area contributed by atoms with Crippen molar-refractivity contribution in [1.82, 2.24) is 9.88 Å². The molecule has 25 heavy (non-hydrogen) atoms. The first-order valence-corrected chi connectivity index (χ1v) is 9.66. The molecule has 140 valence electrons. The first-order valence-electron chi connectivity index (χ1n) is 8.40. The topological polar surface area (TPSA) is 68.7 Å². The molecule has 1 aliphatic rings. The van der Waals surface area contributed by atoms with Gasteiger partial charge < -0.3 is 14.4 Å². The van der Waals surface area contributed by atoms with E-state index in [0.717, 1.165) is 5.69 Å². The fraction of sp³-hybridized carbons (Fsp3) is 0.706. The Morgan fingerprint density at radius 2 is 2.00 bits per heavy atom. The van der Waals surface area contributed by atoms with Gasteiger partial charge in [0.25, 0.3) is 0 Å². The Morgan fingerprint density at radius 1 is 1.36 bits per heavy atom. The maximum absolute atomic E-state index is 12.6. The summed E-state index contributed by atoms with van der Waals surface area (Å²) in [6.07, 6.45) is 1.15. The molecule has 0 unspecified atom stereocenters. The van der Waals surface area contributed by atoms with Gasteiger partial charge in [0.2, 0.25) is 0 Å². The summed E-state index contributed by atoms with van der Waals surface area (Å²) in [5, 5.41) is 1.86. The molecule has 1 saturated heterocycles. The van der Waals surface area contributed by atoms with Gasteiger partial charge in [0, 0.05) is 24.9 Å². The van der Waals surface area contributed by atoms with Gasteiger partial charge in [-0.3, -0.25) is 4.79 Å². The SMILES string of the molecule is CCOC(=O)C1(Cc2csc(Cl)n2)CCN(C(=O)OC(C)(C)C)CC1. The highest BCUT2D eigenvalue weighted by Crippen LogP contribution is 2.37. The second-order valence-electron chi connectivity index (χ2n) is 7.24. The molecule has 1 aliphatic heterocycles. The highest BCUT2D eigenvalue weighted by atomic mass is 35.5. The van der Waals surface area contributed by atoms with Gasteiger partial charge in [-0.15, -0.1) is 11.3 Å². The van der Waals surface area contributed by atoms with Crippen LogP contribution in [0.4, 0.5) is 4.79 Å². The quantitative estimate of drug-likeness (QED) is 0.731. The molecule has 6 nitrogen and oxygen atoms in total. The lowest BCUT2D eigenvalue weighted by Gasteiger charge is -2.39. The number of hydrogen-bond donors (Lipinski definition) is 0. The van der Waals surface area contributed by atoms with E-state index in [1.807, 2.05) is 26.2 Å². The Hall–Kier alpha value is -1.34. The van der Waals surface area contributed by atoms with Crippen molar-refractivity contribution >= 4 is 35.0 Å². The number of aromatic nitrogens is 1. The summed E-state index contributed by atoms with van der Waals surface area (Å²) >= 11 is 7.26. The molecule has 1 amide bonds. The molecule has 0 spiro atoms. The minimum Gasteiger partial charge on any atom is -0.466 e. The maximum atomic E-state index is 12.6. The Balaban J connectivity index is 2.09. The summed E-state index contributed by atoms with van der Waals surface area (Å²) in [5.41, 5.74) is -0.426. The lowest BCUT2D eigenvalue weighted by atomic mass is 9.75. The van der Waals surface area contributed by atoms with E-state index in [4.69, 9.17) is 21.1 Å². The number of rotatable bonds is 4. The van der Waals surface area contributed by atoms with E-state index in [0.29, 0.717) is 43.4 Å². The summed E-state index contributed by atoms with van der Waals surface area (Å²) in [5.74, 6) is -0.233. The van der Waals surface area contributed by atoms with Crippen LogP contribution in [-0.2, 0) is 20.7 Å². The van der Waals surface area contributed by atoms with Crippen LogP contribution in [0.2, 0.25) is 4.47 Å². The largest absolute Gasteiger partial charge is 0.466 e. The third-order valence-electron chi connectivity index (χ3n) is 4.12. The summed E-state index contributed by atoms with van der Waals surface area (Å²) < 4.78 is 11.2. The molecule has 1 aromatic heterocycles. The number of halogens is 1. The summed E-state index contributed by atoms with van der Waals surface area (Å²) in [7, 11) is 0. The third-order valence-corrected chi connectivity index (χ3v) is 5.15. The number of likely N-dealkylation sites (tertiary alicyclic amines) is 1. The standard InChI is InChI=1S/C17H25ClN2O4S/c1-5-23-13(21)17(10-12-11-25-14(18)19-12)6-8-20(9-7-17)15(22)24-16(2,3)4/h11H,5-10H2,1-4H3. The molecule has 1 aromatic rings. The van der Waals surface area contributed by atoms with Crippen molar-refractivity contribution < 1.29 is 19.1 Å². The lowest BCUT2D eigenvalue weighted by Crippen LogP contribution is -2.49. The Kier molecular flexibility index (Phi) is 6.32. The number of piperidine rings is 1. The first kappa shape index (κ1) is 20.0. The van der Waals surface area contributed by atoms with Crippen LogP contribution in [0.1, 0.15) is 46.2 Å². The molecule has 0 atom stereocenters. The van der Waals surface area contributed by atoms with E-state index >= 15 is 0 Å². The average molecular weight is 389 g/mol. The fourth-order valence-corrected chi connectivity index (χ4v) is 3.67. The number of thiazole rings is 1. The van der Waals surface area contributed by atoms with Gasteiger partial charge >= 0.3 is 12.1 Å². The highest BCUT2D eigenvalue weighted by Gasteiger charge is 2.44. The molecule has 0 bridgehead atoms. The third kappa shape index (κ3) is 5.31. The molecule has 0 radical (unpaired) electrons. The van der Waals surface area contributed by atoms with Crippen LogP contribution in [0.15, 0.2) is 5.38 Å². The van der Waals surface area contributed by atoms with Crippen LogP contribution in [0, 0.1) is 5.41 Å². The number of ether oxygens (including phenoxy) is 2. The molecule has 8 heteroatoms. The molecular weight excluding hydrogens is 364 g/mol. The maximum Gasteiger partial charge on any atom is 0.410 e. The van der Waals surface area contributed by atoms with Crippen molar-refractivity contribution in [2.45, 2.75) is 52.6 Å². The molecule has 0 N–H and O–H groups in total. The van der Waals surface area contributed by atoms with E-state index in [-0.39, 0.29) is 12.1 Å². The lowest BCUT2D eigenvalue weighted by molar-refractivity contribution is -0.158. The monoisotopic (exact) mass is 388 g/mol. The van der Waals surface area contributed by atoms with Crippen molar-refractivity contribution in [3.8, 4) is 0 Å². The van der Waals surface area contributed by atoms with Crippen LogP contribution in [-0.4, -0.2) is 47.2 Å². The molecule has 0 saturated carbocycles. The van der Waals surface area contributed by atoms with Crippen LogP contribution in [0.3, 0.4) is 0 Å². The zero-order chi connectivity index (χ0) is 18.7. The summed E-state index contributed by atoms with van der Waals surface area (Å²) in [4.78, 5) is 30.8. The number of amides is 1. The molecule has 1 fully saturated rings. The van der Waals surface area contributed by atoms with E-state index in [9.17, 15) is 9.59 Å². The highest BCUT2D eigenvalue weighted by molar-refractivity contribution is 7.13. The number of hydrogen-bond acceptors (Lipinski definition) is 6. The van der Waals surface area contributed by atoms with Crippen molar-refractivity contribution in [2.75, 3.05) is 19.7 Å². The van der Waals surface area contributed by atoms with Crippen LogP contribution in [0.5, 0.6) is 0 Å². The van der Waals surface area contributed by atoms with Crippen molar-refractivity contribution in [3.05, 3.63) is 15.5 Å². The minimum atomic E-state index is -0.675. The molecule has 0 aromatic carbocycles. The minimum absolute atomic E-state index is 0.233. The van der Waals surface area contributed by atoms with Gasteiger partial charge in [0.15, 0.2) is 4.47 Å². The summed E-state index contributed by atoms with van der Waals surface area (Å²) in [6.45, 7) is 8.53. The Morgan fingerprint density at radius 3 is 2.48 bits per heavy atom. The van der Waals surface area contributed by atoms with Gasteiger partial charge in [-0.2, -0.15) is 0 Å². The van der Waals surface area contributed by atoms with Gasteiger partial charge in [0.05, 0.1) is 17.7 Å². The van der Waals surface area contributed by atoms with Crippen molar-refractivity contribution in [3.63, 3.8) is 0 Å². The van der Waals surface area contributed by atoms with Crippen LogP contribution in [0.25, 0.3) is 0 Å². The van der Waals surface area contributed by atoms with Gasteiger partial charge in [0.1, 0.15) is 5.60 Å². The second-order valence-corrected chi connectivity index (χ2v) is 8.68. The first-order chi connectivity index (χ1) is 11.6. The van der Waals surface area contributed by atoms with Crippen LogP contribution < -0.4 is 0 Å². The zero-order valence-corrected chi connectivity index (χ0v) is 16.7. The molecule has 2 rings (SSSR count). The van der Waals surface area contributed by atoms with Crippen molar-refractivity contribution in [2.24, 2.45) is 5.41 Å². The summed E-state index contributed by atoms with van der Waals surface area (Å²) in [6, 6.07) is 0. The average Bonchev–Trinajstić information content (AvgIpc) is 2.91. The normalized spacial score (nSPS) is 17.2. The second kappa shape index (κ2) is 7.91. The number of carbonyl (C=O) groups is 2. The Labute approximate surface area is 157 Å². The molecule has 0 aliphatic carbocycles. The molecular formula is C17H25ClN2O4S. The van der Waals surface area contributed by atoms with Gasteiger partial charge in [-0.1, -0.05) is 11.6 Å². The fourth-order valence-electron chi connectivity index (χ4n) is 2.89. The number of nitrogens with zero attached hydrogens (tertiary/aromatic N) is 2. The van der Waals surface area contributed by atoms with E-state index in [1.165, 1.54) is 11.3 Å². The predicted molar refractivity (Wildman–Crippen MR) is 96.9 cm³/mol. The van der Waals surface area contributed by atoms with Gasteiger partial charge in [-0.05, 0) is 40.5 Å².